The van der Waals surface area contributed by atoms with E-state index >= 15 is 0 Å². The minimum Gasteiger partial charge on any atom is -0.458 e. The molecule has 1 saturated heterocycles. The van der Waals surface area contributed by atoms with Gasteiger partial charge < -0.3 is 18.9 Å². The van der Waals surface area contributed by atoms with E-state index < -0.39 is 14.2 Å². The molecule has 2 rings (SSSR count). The van der Waals surface area contributed by atoms with Gasteiger partial charge in [-0.15, -0.1) is 10.6 Å². The first-order valence-electron chi connectivity index (χ1n) is 9.90. The third-order valence-electron chi connectivity index (χ3n) is 5.02. The van der Waals surface area contributed by atoms with E-state index in [0.29, 0.717) is 32.1 Å². The lowest BCUT2D eigenvalue weighted by Crippen LogP contribution is -2.35. The Kier molecular flexibility index (Phi) is 8.40. The van der Waals surface area contributed by atoms with Crippen LogP contribution in [0.2, 0.25) is 18.1 Å². The van der Waals surface area contributed by atoms with Gasteiger partial charge in [0.25, 0.3) is 0 Å². The summed E-state index contributed by atoms with van der Waals surface area (Å²) in [7, 11) is -1.65. The highest BCUT2D eigenvalue weighted by Crippen LogP contribution is 2.35. The Labute approximate surface area is 174 Å². The van der Waals surface area contributed by atoms with Gasteiger partial charge in [0.1, 0.15) is 32.6 Å². The molecule has 1 aliphatic heterocycles. The molecule has 1 aromatic rings. The van der Waals surface area contributed by atoms with Crippen LogP contribution in [0.25, 0.3) is 0 Å². The van der Waals surface area contributed by atoms with Gasteiger partial charge in [0.15, 0.2) is 0 Å². The van der Waals surface area contributed by atoms with Crippen LogP contribution >= 0.6 is 0 Å². The molecule has 0 amide bonds. The lowest BCUT2D eigenvalue weighted by molar-refractivity contribution is -0.150. The molecule has 1 aliphatic rings. The molecule has 2 heterocycles. The molecule has 9 heteroatoms. The maximum absolute atomic E-state index is 11.4. The number of carbonyl (C=O) groups excluding carboxylic acids is 1. The standard InChI is InChI=1S/C20H33N3O5Si/c1-16(24)28-18(13-25-8-7-9-29(5,6)20(2,3)4)11-23-10-17(21-22-23)12-26-14-19-15-27-19/h10,18-19H,8,11-15H2,1-6H3/t18-,19+/m1/s1. The summed E-state index contributed by atoms with van der Waals surface area (Å²) in [6, 6.07) is 0. The molecular formula is C20H33N3O5Si. The normalized spacial score (nSPS) is 17.4. The summed E-state index contributed by atoms with van der Waals surface area (Å²) in [6.45, 7) is 15.2. The SMILES string of the molecule is CC(=O)O[C@@H](COCC#C[Si](C)(C)C(C)(C)C)Cn1cc(COC[C@H]2CO2)nn1. The quantitative estimate of drug-likeness (QED) is 0.187. The number of rotatable bonds is 10. The van der Waals surface area contributed by atoms with Crippen LogP contribution in [0.5, 0.6) is 0 Å². The Balaban J connectivity index is 1.80. The van der Waals surface area contributed by atoms with Gasteiger partial charge in [0.2, 0.25) is 0 Å². The van der Waals surface area contributed by atoms with E-state index in [4.69, 9.17) is 18.9 Å². The van der Waals surface area contributed by atoms with Crippen LogP contribution in [-0.2, 0) is 36.9 Å². The summed E-state index contributed by atoms with van der Waals surface area (Å²) >= 11 is 0. The minimum absolute atomic E-state index is 0.209. The first kappa shape index (κ1) is 23.5. The van der Waals surface area contributed by atoms with Crippen LogP contribution in [0.1, 0.15) is 33.4 Å². The molecule has 0 bridgehead atoms. The van der Waals surface area contributed by atoms with E-state index in [9.17, 15) is 4.79 Å². The van der Waals surface area contributed by atoms with Gasteiger partial charge in [-0.25, -0.2) is 4.68 Å². The van der Waals surface area contributed by atoms with Crippen LogP contribution in [0.3, 0.4) is 0 Å². The smallest absolute Gasteiger partial charge is 0.303 e. The third-order valence-corrected chi connectivity index (χ3v) is 9.57. The first-order valence-corrected chi connectivity index (χ1v) is 12.9. The molecular weight excluding hydrogens is 390 g/mol. The van der Waals surface area contributed by atoms with Gasteiger partial charge in [-0.1, -0.05) is 45.0 Å². The largest absolute Gasteiger partial charge is 0.458 e. The highest BCUT2D eigenvalue weighted by Gasteiger charge is 2.33. The zero-order chi connectivity index (χ0) is 21.5. The number of hydrogen-bond donors (Lipinski definition) is 0. The first-order chi connectivity index (χ1) is 13.6. The topological polar surface area (TPSA) is 88.0 Å². The van der Waals surface area contributed by atoms with Crippen molar-refractivity contribution in [2.24, 2.45) is 0 Å². The second-order valence-electron chi connectivity index (χ2n) is 8.83. The molecule has 0 spiro atoms. The summed E-state index contributed by atoms with van der Waals surface area (Å²) < 4.78 is 23.2. The molecule has 29 heavy (non-hydrogen) atoms. The average molecular weight is 424 g/mol. The Bertz CT molecular complexity index is 728. The highest BCUT2D eigenvalue weighted by molar-refractivity contribution is 6.87. The maximum Gasteiger partial charge on any atom is 0.303 e. The highest BCUT2D eigenvalue weighted by atomic mass is 28.3. The summed E-state index contributed by atoms with van der Waals surface area (Å²) in [5.41, 5.74) is 4.12. The van der Waals surface area contributed by atoms with Crippen molar-refractivity contribution < 1.29 is 23.7 Å². The molecule has 162 valence electrons. The third kappa shape index (κ3) is 8.66. The Hall–Kier alpha value is -1.73. The Morgan fingerprint density at radius 2 is 2.14 bits per heavy atom. The van der Waals surface area contributed by atoms with Crippen LogP contribution in [0, 0.1) is 11.5 Å². The van der Waals surface area contributed by atoms with Gasteiger partial charge >= 0.3 is 5.97 Å². The van der Waals surface area contributed by atoms with Crippen LogP contribution in [0.4, 0.5) is 0 Å². The summed E-state index contributed by atoms with van der Waals surface area (Å²) in [5, 5.41) is 8.35. The number of esters is 1. The molecule has 0 radical (unpaired) electrons. The summed E-state index contributed by atoms with van der Waals surface area (Å²) in [4.78, 5) is 11.4. The molecule has 8 nitrogen and oxygen atoms in total. The van der Waals surface area contributed by atoms with Crippen LogP contribution in [0.15, 0.2) is 6.20 Å². The van der Waals surface area contributed by atoms with Gasteiger partial charge in [0.05, 0.1) is 39.2 Å². The molecule has 0 N–H and O–H groups in total. The van der Waals surface area contributed by atoms with Gasteiger partial charge in [0, 0.05) is 6.92 Å². The zero-order valence-corrected chi connectivity index (χ0v) is 19.4. The fourth-order valence-corrected chi connectivity index (χ4v) is 3.10. The number of ether oxygens (including phenoxy) is 4. The molecule has 0 unspecified atom stereocenters. The van der Waals surface area contributed by atoms with Crippen molar-refractivity contribution in [2.45, 2.75) is 71.2 Å². The Morgan fingerprint density at radius 1 is 1.41 bits per heavy atom. The minimum atomic E-state index is -1.65. The van der Waals surface area contributed by atoms with E-state index in [1.807, 2.05) is 0 Å². The predicted molar refractivity (Wildman–Crippen MR) is 111 cm³/mol. The fraction of sp³-hybridized carbons (Fsp3) is 0.750. The van der Waals surface area contributed by atoms with E-state index in [0.717, 1.165) is 6.61 Å². The number of carbonyl (C=O) groups is 1. The molecule has 2 atom stereocenters. The second kappa shape index (κ2) is 10.3. The van der Waals surface area contributed by atoms with Crippen LogP contribution in [-0.4, -0.2) is 67.7 Å². The number of epoxide rings is 1. The zero-order valence-electron chi connectivity index (χ0n) is 18.4. The number of aromatic nitrogens is 3. The lowest BCUT2D eigenvalue weighted by Gasteiger charge is -2.31. The van der Waals surface area contributed by atoms with Crippen molar-refractivity contribution >= 4 is 14.0 Å². The lowest BCUT2D eigenvalue weighted by atomic mass is 10.2. The van der Waals surface area contributed by atoms with E-state index in [-0.39, 0.29) is 23.7 Å². The van der Waals surface area contributed by atoms with Crippen LogP contribution < -0.4 is 0 Å². The monoisotopic (exact) mass is 423 g/mol. The molecule has 0 aromatic carbocycles. The summed E-state index contributed by atoms with van der Waals surface area (Å²) in [6.07, 6.45) is 1.54. The van der Waals surface area contributed by atoms with Crippen molar-refractivity contribution in [3.8, 4) is 11.5 Å². The molecule has 1 fully saturated rings. The van der Waals surface area contributed by atoms with E-state index in [1.54, 1.807) is 10.9 Å². The van der Waals surface area contributed by atoms with Crippen molar-refractivity contribution in [1.29, 1.82) is 0 Å². The molecule has 1 aromatic heterocycles. The van der Waals surface area contributed by atoms with Gasteiger partial charge in [-0.3, -0.25) is 4.79 Å². The van der Waals surface area contributed by atoms with Crippen molar-refractivity contribution in [3.63, 3.8) is 0 Å². The summed E-state index contributed by atoms with van der Waals surface area (Å²) in [5.74, 6) is 2.77. The van der Waals surface area contributed by atoms with Crippen molar-refractivity contribution in [2.75, 3.05) is 26.4 Å². The van der Waals surface area contributed by atoms with Crippen molar-refractivity contribution in [1.82, 2.24) is 15.0 Å². The second-order valence-corrected chi connectivity index (χ2v) is 13.8. The fourth-order valence-electron chi connectivity index (χ4n) is 2.21. The van der Waals surface area contributed by atoms with Crippen molar-refractivity contribution in [3.05, 3.63) is 11.9 Å². The molecule has 0 saturated carbocycles. The number of hydrogen-bond acceptors (Lipinski definition) is 7. The maximum atomic E-state index is 11.4. The van der Waals surface area contributed by atoms with Gasteiger partial charge in [-0.05, 0) is 5.04 Å². The van der Waals surface area contributed by atoms with E-state index in [1.165, 1.54) is 6.92 Å². The van der Waals surface area contributed by atoms with Gasteiger partial charge in [-0.2, -0.15) is 0 Å². The molecule has 0 aliphatic carbocycles. The van der Waals surface area contributed by atoms with E-state index in [2.05, 4.69) is 55.6 Å². The predicted octanol–water partition coefficient (Wildman–Crippen LogP) is 2.19. The average Bonchev–Trinajstić information content (AvgIpc) is 3.31. The Morgan fingerprint density at radius 3 is 2.76 bits per heavy atom. The number of nitrogens with zero attached hydrogens (tertiary/aromatic N) is 3.